The molecule has 2 aromatic carbocycles. The summed E-state index contributed by atoms with van der Waals surface area (Å²) in [6.45, 7) is 1.65. The van der Waals surface area contributed by atoms with Crippen molar-refractivity contribution in [3.05, 3.63) is 77.6 Å². The van der Waals surface area contributed by atoms with Gasteiger partial charge >= 0.3 is 0 Å². The molecule has 0 atom stereocenters. The highest BCUT2D eigenvalue weighted by atomic mass is 32.2. The minimum absolute atomic E-state index is 0.00129. The van der Waals surface area contributed by atoms with Crippen LogP contribution < -0.4 is 9.46 Å². The van der Waals surface area contributed by atoms with E-state index in [1.807, 2.05) is 6.07 Å². The Morgan fingerprint density at radius 1 is 1.15 bits per heavy atom. The Labute approximate surface area is 194 Å². The number of carbonyl (C=O) groups is 1. The van der Waals surface area contributed by atoms with Crippen LogP contribution in [0.2, 0.25) is 0 Å². The number of aromatic amines is 1. The van der Waals surface area contributed by atoms with E-state index in [1.54, 1.807) is 44.5 Å². The van der Waals surface area contributed by atoms with Crippen LogP contribution in [0.1, 0.15) is 29.3 Å². The molecule has 0 radical (unpaired) electrons. The van der Waals surface area contributed by atoms with Crippen molar-refractivity contribution >= 4 is 32.5 Å². The van der Waals surface area contributed by atoms with Crippen LogP contribution in [-0.4, -0.2) is 37.0 Å². The van der Waals surface area contributed by atoms with Crippen LogP contribution >= 0.6 is 0 Å². The third-order valence-electron chi connectivity index (χ3n) is 5.24. The SMILES string of the molecule is CCCS(=O)(=O)Nc1ccc(F)c(C(=O)c2c[nH]c3ncc(-c4cccc(OC)c4)cc23)c1F. The first-order valence-electron chi connectivity index (χ1n) is 10.4. The monoisotopic (exact) mass is 485 g/mol. The Morgan fingerprint density at radius 3 is 2.68 bits per heavy atom. The maximum atomic E-state index is 15.1. The number of sulfonamides is 1. The molecule has 0 saturated carbocycles. The molecular weight excluding hydrogens is 464 g/mol. The molecule has 0 amide bonds. The number of carbonyl (C=O) groups excluding carboxylic acids is 1. The molecule has 10 heteroatoms. The Morgan fingerprint density at radius 2 is 1.94 bits per heavy atom. The molecule has 2 aromatic heterocycles. The number of nitrogens with one attached hydrogen (secondary N) is 2. The van der Waals surface area contributed by atoms with E-state index in [0.717, 1.165) is 17.7 Å². The lowest BCUT2D eigenvalue weighted by molar-refractivity contribution is 0.103. The van der Waals surface area contributed by atoms with Crippen LogP contribution in [0.25, 0.3) is 22.2 Å². The van der Waals surface area contributed by atoms with Gasteiger partial charge in [0.2, 0.25) is 15.8 Å². The number of rotatable bonds is 8. The molecule has 4 rings (SSSR count). The fraction of sp³-hybridized carbons (Fsp3) is 0.167. The van der Waals surface area contributed by atoms with Gasteiger partial charge in [0.05, 0.1) is 24.1 Å². The van der Waals surface area contributed by atoms with Gasteiger partial charge in [0.15, 0.2) is 5.82 Å². The van der Waals surface area contributed by atoms with E-state index in [4.69, 9.17) is 4.74 Å². The Balaban J connectivity index is 1.78. The number of halogens is 2. The summed E-state index contributed by atoms with van der Waals surface area (Å²) >= 11 is 0. The number of ether oxygens (including phenoxy) is 1. The third-order valence-corrected chi connectivity index (χ3v) is 6.71. The average molecular weight is 486 g/mol. The summed E-state index contributed by atoms with van der Waals surface area (Å²) in [6.07, 6.45) is 3.23. The summed E-state index contributed by atoms with van der Waals surface area (Å²) < 4.78 is 61.2. The zero-order chi connectivity index (χ0) is 24.5. The van der Waals surface area contributed by atoms with Crippen molar-refractivity contribution in [2.75, 3.05) is 17.6 Å². The molecule has 4 aromatic rings. The molecule has 0 spiro atoms. The van der Waals surface area contributed by atoms with Crippen LogP contribution in [0.3, 0.4) is 0 Å². The average Bonchev–Trinajstić information content (AvgIpc) is 3.24. The van der Waals surface area contributed by atoms with Crippen LogP contribution in [0.5, 0.6) is 5.75 Å². The number of hydrogen-bond acceptors (Lipinski definition) is 5. The standard InChI is InChI=1S/C24H21F2N3O4S/c1-3-9-34(31,32)29-20-8-7-19(25)21(22(20)26)23(30)18-13-28-24-17(18)11-15(12-27-24)14-5-4-6-16(10-14)33-2/h4-8,10-13,29H,3,9H2,1-2H3,(H,27,28). The van der Waals surface area contributed by atoms with Crippen molar-refractivity contribution in [1.29, 1.82) is 0 Å². The highest BCUT2D eigenvalue weighted by Gasteiger charge is 2.26. The molecule has 0 unspecified atom stereocenters. The van der Waals surface area contributed by atoms with Gasteiger partial charge in [-0.3, -0.25) is 9.52 Å². The Hall–Kier alpha value is -3.79. The molecule has 0 bridgehead atoms. The normalized spacial score (nSPS) is 11.5. The highest BCUT2D eigenvalue weighted by Crippen LogP contribution is 2.30. The number of anilines is 1. The van der Waals surface area contributed by atoms with Crippen molar-refractivity contribution in [3.8, 4) is 16.9 Å². The lowest BCUT2D eigenvalue weighted by Crippen LogP contribution is -2.18. The van der Waals surface area contributed by atoms with Gasteiger partial charge in [0, 0.05) is 28.9 Å². The molecule has 34 heavy (non-hydrogen) atoms. The molecular formula is C24H21F2N3O4S. The summed E-state index contributed by atoms with van der Waals surface area (Å²) in [5.41, 5.74) is 0.451. The number of hydrogen-bond donors (Lipinski definition) is 2. The van der Waals surface area contributed by atoms with E-state index in [0.29, 0.717) is 28.8 Å². The van der Waals surface area contributed by atoms with Gasteiger partial charge in [-0.05, 0) is 42.3 Å². The molecule has 2 heterocycles. The number of pyridine rings is 1. The first-order valence-corrected chi connectivity index (χ1v) is 12.0. The zero-order valence-electron chi connectivity index (χ0n) is 18.4. The summed E-state index contributed by atoms with van der Waals surface area (Å²) in [5, 5.41) is 0.362. The van der Waals surface area contributed by atoms with E-state index >= 15 is 4.39 Å². The quantitative estimate of drug-likeness (QED) is 0.346. The second-order valence-electron chi connectivity index (χ2n) is 7.59. The second kappa shape index (κ2) is 9.22. The fourth-order valence-corrected chi connectivity index (χ4v) is 4.75. The van der Waals surface area contributed by atoms with Gasteiger partial charge in [-0.2, -0.15) is 0 Å². The van der Waals surface area contributed by atoms with Gasteiger partial charge in [-0.1, -0.05) is 19.1 Å². The summed E-state index contributed by atoms with van der Waals surface area (Å²) in [5.74, 6) is -2.94. The number of ketones is 1. The van der Waals surface area contributed by atoms with E-state index < -0.39 is 38.7 Å². The Kier molecular flexibility index (Phi) is 6.34. The first-order chi connectivity index (χ1) is 16.2. The maximum Gasteiger partial charge on any atom is 0.232 e. The molecule has 0 aliphatic heterocycles. The van der Waals surface area contributed by atoms with E-state index in [-0.39, 0.29) is 11.3 Å². The van der Waals surface area contributed by atoms with Crippen molar-refractivity contribution in [3.63, 3.8) is 0 Å². The third kappa shape index (κ3) is 4.49. The molecule has 0 aliphatic carbocycles. The minimum atomic E-state index is -3.84. The second-order valence-corrected chi connectivity index (χ2v) is 9.43. The molecule has 176 valence electrons. The molecule has 7 nitrogen and oxygen atoms in total. The number of nitrogens with zero attached hydrogens (tertiary/aromatic N) is 1. The predicted octanol–water partition coefficient (Wildman–Crippen LogP) is 4.90. The predicted molar refractivity (Wildman–Crippen MR) is 126 cm³/mol. The van der Waals surface area contributed by atoms with Gasteiger partial charge in [0.25, 0.3) is 0 Å². The summed E-state index contributed by atoms with van der Waals surface area (Å²) in [6, 6.07) is 10.7. The lowest BCUT2D eigenvalue weighted by atomic mass is 10.00. The van der Waals surface area contributed by atoms with Crippen LogP contribution in [0.15, 0.2) is 54.9 Å². The van der Waals surface area contributed by atoms with Crippen LogP contribution in [-0.2, 0) is 10.0 Å². The van der Waals surface area contributed by atoms with Crippen molar-refractivity contribution < 1.29 is 26.7 Å². The van der Waals surface area contributed by atoms with E-state index in [9.17, 15) is 17.6 Å². The molecule has 0 fully saturated rings. The minimum Gasteiger partial charge on any atom is -0.497 e. The van der Waals surface area contributed by atoms with Gasteiger partial charge in [-0.15, -0.1) is 0 Å². The summed E-state index contributed by atoms with van der Waals surface area (Å²) in [4.78, 5) is 20.4. The van der Waals surface area contributed by atoms with Crippen LogP contribution in [0, 0.1) is 11.6 Å². The lowest BCUT2D eigenvalue weighted by Gasteiger charge is -2.11. The highest BCUT2D eigenvalue weighted by molar-refractivity contribution is 7.92. The fourth-order valence-electron chi connectivity index (χ4n) is 3.61. The number of H-pyrrole nitrogens is 1. The Bertz CT molecular complexity index is 1500. The van der Waals surface area contributed by atoms with Gasteiger partial charge in [0.1, 0.15) is 17.2 Å². The molecule has 0 saturated heterocycles. The van der Waals surface area contributed by atoms with Crippen molar-refractivity contribution in [2.24, 2.45) is 0 Å². The van der Waals surface area contributed by atoms with Gasteiger partial charge in [-0.25, -0.2) is 22.2 Å². The zero-order valence-corrected chi connectivity index (χ0v) is 19.2. The first kappa shape index (κ1) is 23.4. The van der Waals surface area contributed by atoms with E-state index in [1.165, 1.54) is 6.20 Å². The largest absolute Gasteiger partial charge is 0.497 e. The number of aromatic nitrogens is 2. The smallest absolute Gasteiger partial charge is 0.232 e. The summed E-state index contributed by atoms with van der Waals surface area (Å²) in [7, 11) is -2.30. The van der Waals surface area contributed by atoms with Crippen molar-refractivity contribution in [1.82, 2.24) is 9.97 Å². The molecule has 2 N–H and O–H groups in total. The number of methoxy groups -OCH3 is 1. The molecule has 0 aliphatic rings. The van der Waals surface area contributed by atoms with Crippen molar-refractivity contribution in [2.45, 2.75) is 13.3 Å². The number of benzene rings is 2. The number of fused-ring (bicyclic) bond motifs is 1. The maximum absolute atomic E-state index is 15.1. The van der Waals surface area contributed by atoms with Gasteiger partial charge < -0.3 is 9.72 Å². The van der Waals surface area contributed by atoms with E-state index in [2.05, 4.69) is 14.7 Å². The topological polar surface area (TPSA) is 101 Å². The van der Waals surface area contributed by atoms with Crippen LogP contribution in [0.4, 0.5) is 14.5 Å².